The molecule has 1 saturated carbocycles. The molecule has 1 aliphatic carbocycles. The number of aliphatic imine (C=N–C) groups is 1. The minimum absolute atomic E-state index is 0. The van der Waals surface area contributed by atoms with Crippen LogP contribution in [0.2, 0.25) is 0 Å². The Balaban J connectivity index is 0.00000300. The molecule has 7 nitrogen and oxygen atoms in total. The molecule has 0 bridgehead atoms. The maximum Gasteiger partial charge on any atom is 0.227 e. The Morgan fingerprint density at radius 3 is 2.83 bits per heavy atom. The molecule has 0 aromatic heterocycles. The van der Waals surface area contributed by atoms with Crippen LogP contribution in [-0.2, 0) is 20.8 Å². The quantitative estimate of drug-likeness (QED) is 0.204. The minimum Gasteiger partial charge on any atom is -0.379 e. The van der Waals surface area contributed by atoms with E-state index < -0.39 is 0 Å². The van der Waals surface area contributed by atoms with Gasteiger partial charge in [-0.1, -0.05) is 18.6 Å². The Labute approximate surface area is 190 Å². The van der Waals surface area contributed by atoms with Crippen molar-refractivity contribution in [2.45, 2.75) is 44.8 Å². The summed E-state index contributed by atoms with van der Waals surface area (Å²) < 4.78 is 11.1. The third-order valence-corrected chi connectivity index (χ3v) is 5.21. The third-order valence-electron chi connectivity index (χ3n) is 5.21. The van der Waals surface area contributed by atoms with E-state index in [2.05, 4.69) is 20.9 Å². The van der Waals surface area contributed by atoms with Crippen LogP contribution < -0.4 is 16.0 Å². The van der Waals surface area contributed by atoms with E-state index in [4.69, 9.17) is 9.47 Å². The van der Waals surface area contributed by atoms with Crippen LogP contribution in [0.1, 0.15) is 37.7 Å². The van der Waals surface area contributed by atoms with Gasteiger partial charge in [0.05, 0.1) is 12.7 Å². The van der Waals surface area contributed by atoms with Crippen LogP contribution in [0.15, 0.2) is 29.3 Å². The molecule has 1 aliphatic heterocycles. The molecule has 3 N–H and O–H groups in total. The first-order valence-electron chi connectivity index (χ1n) is 10.3. The molecule has 1 unspecified atom stereocenters. The molecule has 3 rings (SSSR count). The Morgan fingerprint density at radius 1 is 1.28 bits per heavy atom. The van der Waals surface area contributed by atoms with Crippen molar-refractivity contribution in [1.29, 1.82) is 0 Å². The smallest absolute Gasteiger partial charge is 0.227 e. The molecular weight excluding hydrogens is 483 g/mol. The lowest BCUT2D eigenvalue weighted by atomic mass is 9.85. The topological polar surface area (TPSA) is 84.0 Å². The van der Waals surface area contributed by atoms with Crippen molar-refractivity contribution >= 4 is 41.5 Å². The molecule has 1 aromatic rings. The second-order valence-electron chi connectivity index (χ2n) is 7.38. The third kappa shape index (κ3) is 8.10. The summed E-state index contributed by atoms with van der Waals surface area (Å²) in [5.74, 6) is 1.09. The number of carbonyl (C=O) groups excluding carboxylic acids is 1. The lowest BCUT2D eigenvalue weighted by Gasteiger charge is -2.24. The van der Waals surface area contributed by atoms with Crippen molar-refractivity contribution in [1.82, 2.24) is 10.6 Å². The van der Waals surface area contributed by atoms with Gasteiger partial charge < -0.3 is 25.4 Å². The monoisotopic (exact) mass is 516 g/mol. The van der Waals surface area contributed by atoms with Gasteiger partial charge in [0.2, 0.25) is 5.91 Å². The highest BCUT2D eigenvalue weighted by Crippen LogP contribution is 2.27. The van der Waals surface area contributed by atoms with Crippen molar-refractivity contribution in [2.75, 3.05) is 38.7 Å². The summed E-state index contributed by atoms with van der Waals surface area (Å²) >= 11 is 0. The number of ether oxygens (including phenoxy) is 2. The second-order valence-corrected chi connectivity index (χ2v) is 7.38. The normalized spacial score (nSPS) is 19.2. The molecule has 2 fully saturated rings. The van der Waals surface area contributed by atoms with Gasteiger partial charge in [0.15, 0.2) is 5.96 Å². The lowest BCUT2D eigenvalue weighted by Crippen LogP contribution is -2.37. The number of anilines is 1. The zero-order valence-corrected chi connectivity index (χ0v) is 19.4. The highest BCUT2D eigenvalue weighted by atomic mass is 127. The molecule has 2 aliphatic rings. The number of guanidine groups is 1. The number of nitrogens with one attached hydrogen (secondary N) is 3. The van der Waals surface area contributed by atoms with Crippen LogP contribution in [0.25, 0.3) is 0 Å². The maximum atomic E-state index is 12.1. The number of halogens is 1. The number of hydrogen-bond donors (Lipinski definition) is 3. The Morgan fingerprint density at radius 2 is 2.14 bits per heavy atom. The SMILES string of the molecule is CN=C(NCCCOC1CCOC1)NCc1cccc(NC(=O)C2CCC2)c1.I. The standard InChI is InChI=1S/C21H32N4O3.HI/c1-22-21(23-10-4-11-28-19-9-12-27-15-19)24-14-16-5-2-8-18(13-16)25-20(26)17-6-3-7-17;/h2,5,8,13,17,19H,3-4,6-7,9-12,14-15H2,1H3,(H,25,26)(H2,22,23,24);1H. The largest absolute Gasteiger partial charge is 0.379 e. The highest BCUT2D eigenvalue weighted by molar-refractivity contribution is 14.0. The van der Waals surface area contributed by atoms with Gasteiger partial charge in [0.1, 0.15) is 0 Å². The summed E-state index contributed by atoms with van der Waals surface area (Å²) in [5, 5.41) is 9.63. The van der Waals surface area contributed by atoms with Gasteiger partial charge in [-0.05, 0) is 43.4 Å². The summed E-state index contributed by atoms with van der Waals surface area (Å²) in [7, 11) is 1.76. The van der Waals surface area contributed by atoms with Gasteiger partial charge in [-0.25, -0.2) is 0 Å². The zero-order valence-electron chi connectivity index (χ0n) is 17.1. The first-order chi connectivity index (χ1) is 13.7. The molecule has 0 spiro atoms. The number of nitrogens with zero attached hydrogens (tertiary/aromatic N) is 1. The van der Waals surface area contributed by atoms with E-state index in [9.17, 15) is 4.79 Å². The fourth-order valence-electron chi connectivity index (χ4n) is 3.25. The fraction of sp³-hybridized carbons (Fsp3) is 0.619. The van der Waals surface area contributed by atoms with E-state index in [1.54, 1.807) is 7.05 Å². The summed E-state index contributed by atoms with van der Waals surface area (Å²) in [5.41, 5.74) is 1.95. The maximum absolute atomic E-state index is 12.1. The molecular formula is C21H33IN4O3. The van der Waals surface area contributed by atoms with Gasteiger partial charge in [-0.15, -0.1) is 24.0 Å². The Hall–Kier alpha value is -1.39. The molecule has 0 radical (unpaired) electrons. The second kappa shape index (κ2) is 13.0. The fourth-order valence-corrected chi connectivity index (χ4v) is 3.25. The Bertz CT molecular complexity index is 661. The van der Waals surface area contributed by atoms with Crippen molar-refractivity contribution in [3.8, 4) is 0 Å². The highest BCUT2D eigenvalue weighted by Gasteiger charge is 2.25. The molecule has 1 atom stereocenters. The first-order valence-corrected chi connectivity index (χ1v) is 10.3. The molecule has 1 amide bonds. The van der Waals surface area contributed by atoms with E-state index >= 15 is 0 Å². The summed E-state index contributed by atoms with van der Waals surface area (Å²) in [4.78, 5) is 16.4. The number of amides is 1. The Kier molecular flexibility index (Phi) is 10.7. The lowest BCUT2D eigenvalue weighted by molar-refractivity contribution is -0.122. The van der Waals surface area contributed by atoms with Crippen LogP contribution in [0.5, 0.6) is 0 Å². The predicted molar refractivity (Wildman–Crippen MR) is 126 cm³/mol. The van der Waals surface area contributed by atoms with Crippen LogP contribution in [0.4, 0.5) is 5.69 Å². The van der Waals surface area contributed by atoms with Gasteiger partial charge in [0, 0.05) is 45.0 Å². The molecule has 29 heavy (non-hydrogen) atoms. The van der Waals surface area contributed by atoms with Crippen molar-refractivity contribution < 1.29 is 14.3 Å². The predicted octanol–water partition coefficient (Wildman–Crippen LogP) is 2.90. The van der Waals surface area contributed by atoms with Crippen LogP contribution in [-0.4, -0.2) is 51.4 Å². The number of rotatable bonds is 9. The van der Waals surface area contributed by atoms with E-state index in [1.807, 2.05) is 24.3 Å². The molecule has 1 aromatic carbocycles. The van der Waals surface area contributed by atoms with Crippen molar-refractivity contribution in [2.24, 2.45) is 10.9 Å². The summed E-state index contributed by atoms with van der Waals surface area (Å²) in [6.07, 6.45) is 5.35. The van der Waals surface area contributed by atoms with Gasteiger partial charge in [-0.2, -0.15) is 0 Å². The zero-order chi connectivity index (χ0) is 19.6. The molecule has 162 valence electrons. The van der Waals surface area contributed by atoms with Crippen LogP contribution in [0.3, 0.4) is 0 Å². The van der Waals surface area contributed by atoms with E-state index in [0.717, 1.165) is 75.7 Å². The van der Waals surface area contributed by atoms with Gasteiger partial charge in [-0.3, -0.25) is 9.79 Å². The van der Waals surface area contributed by atoms with E-state index in [0.29, 0.717) is 6.54 Å². The number of hydrogen-bond acceptors (Lipinski definition) is 4. The molecule has 8 heteroatoms. The van der Waals surface area contributed by atoms with E-state index in [-0.39, 0.29) is 41.9 Å². The average Bonchev–Trinajstić information content (AvgIpc) is 3.16. The van der Waals surface area contributed by atoms with E-state index in [1.165, 1.54) is 0 Å². The number of carbonyl (C=O) groups is 1. The molecule has 1 heterocycles. The molecule has 1 saturated heterocycles. The van der Waals surface area contributed by atoms with Gasteiger partial charge in [0.25, 0.3) is 0 Å². The van der Waals surface area contributed by atoms with Crippen LogP contribution in [0, 0.1) is 5.92 Å². The summed E-state index contributed by atoms with van der Waals surface area (Å²) in [6, 6.07) is 7.95. The number of benzene rings is 1. The average molecular weight is 516 g/mol. The minimum atomic E-state index is 0. The van der Waals surface area contributed by atoms with Crippen LogP contribution >= 0.6 is 24.0 Å². The first kappa shape index (κ1) is 23.9. The van der Waals surface area contributed by atoms with Crippen molar-refractivity contribution in [3.63, 3.8) is 0 Å². The summed E-state index contributed by atoms with van der Waals surface area (Å²) in [6.45, 7) is 3.69. The van der Waals surface area contributed by atoms with Crippen molar-refractivity contribution in [3.05, 3.63) is 29.8 Å². The van der Waals surface area contributed by atoms with Gasteiger partial charge >= 0.3 is 0 Å².